The normalized spacial score (nSPS) is 13.7. The highest BCUT2D eigenvalue weighted by atomic mass is 16.3. The van der Waals surface area contributed by atoms with E-state index in [2.05, 4.69) is 33.8 Å². The molecule has 1 aromatic heterocycles. The molecule has 0 saturated heterocycles. The largest absolute Gasteiger partial charge is 0.391 e. The fraction of sp³-hybridized carbons (Fsp3) is 0.632. The van der Waals surface area contributed by atoms with Crippen LogP contribution in [0.5, 0.6) is 0 Å². The maximum Gasteiger partial charge on any atom is 0.257 e. The summed E-state index contributed by atoms with van der Waals surface area (Å²) in [6.45, 7) is 16.8. The van der Waals surface area contributed by atoms with Crippen LogP contribution in [0.25, 0.3) is 5.57 Å². The first-order valence-electron chi connectivity index (χ1n) is 8.55. The Labute approximate surface area is 135 Å². The summed E-state index contributed by atoms with van der Waals surface area (Å²) in [5.41, 5.74) is 4.99. The molecule has 1 aromatic rings. The lowest BCUT2D eigenvalue weighted by Gasteiger charge is -2.16. The second-order valence-electron chi connectivity index (χ2n) is 5.23. The zero-order valence-electron chi connectivity index (χ0n) is 15.6. The minimum atomic E-state index is -0.170. The molecular weight excluding hydrogens is 274 g/mol. The van der Waals surface area contributed by atoms with E-state index in [1.54, 1.807) is 4.57 Å². The van der Waals surface area contributed by atoms with Crippen molar-refractivity contribution in [1.29, 1.82) is 0 Å². The molecule has 3 heteroatoms. The number of pyridine rings is 1. The third-order valence-electron chi connectivity index (χ3n) is 4.16. The van der Waals surface area contributed by atoms with Crippen molar-refractivity contribution in [1.82, 2.24) is 4.57 Å². The van der Waals surface area contributed by atoms with E-state index in [-0.39, 0.29) is 12.2 Å². The predicted octanol–water partition coefficient (Wildman–Crippen LogP) is 4.71. The zero-order valence-corrected chi connectivity index (χ0v) is 15.6. The summed E-state index contributed by atoms with van der Waals surface area (Å²) in [7, 11) is 0. The van der Waals surface area contributed by atoms with Gasteiger partial charge in [-0.05, 0) is 49.0 Å². The topological polar surface area (TPSA) is 42.2 Å². The summed E-state index contributed by atoms with van der Waals surface area (Å²) in [5, 5.41) is 9.48. The molecule has 0 radical (unpaired) electrons. The molecular formula is C19H33NO2. The number of aromatic nitrogens is 1. The summed E-state index contributed by atoms with van der Waals surface area (Å²) in [6, 6.07) is 2.09. The van der Waals surface area contributed by atoms with Crippen molar-refractivity contribution >= 4 is 5.57 Å². The van der Waals surface area contributed by atoms with Crippen molar-refractivity contribution < 1.29 is 5.11 Å². The highest BCUT2D eigenvalue weighted by Gasteiger charge is 2.22. The van der Waals surface area contributed by atoms with Gasteiger partial charge in [0.1, 0.15) is 0 Å². The number of hydrogen-bond donors (Lipinski definition) is 1. The second-order valence-corrected chi connectivity index (χ2v) is 5.23. The molecule has 0 aromatic carbocycles. The van der Waals surface area contributed by atoms with E-state index in [1.807, 2.05) is 27.7 Å². The lowest BCUT2D eigenvalue weighted by atomic mass is 9.93. The summed E-state index contributed by atoms with van der Waals surface area (Å²) >= 11 is 0. The first-order valence-corrected chi connectivity index (χ1v) is 8.55. The molecule has 1 atom stereocenters. The average molecular weight is 307 g/mol. The SMILES string of the molecule is CC.CC.CCC(C)c1cc2n(c(=O)c1CO)CC(C)=C2C. The van der Waals surface area contributed by atoms with Crippen LogP contribution < -0.4 is 5.56 Å². The second kappa shape index (κ2) is 9.62. The summed E-state index contributed by atoms with van der Waals surface area (Å²) in [4.78, 5) is 12.4. The summed E-state index contributed by atoms with van der Waals surface area (Å²) in [5.74, 6) is 0.305. The van der Waals surface area contributed by atoms with Gasteiger partial charge in [0.25, 0.3) is 5.56 Å². The first kappa shape index (κ1) is 20.6. The van der Waals surface area contributed by atoms with Gasteiger partial charge in [0.05, 0.1) is 6.61 Å². The number of aliphatic hydroxyl groups excluding tert-OH is 1. The van der Waals surface area contributed by atoms with Gasteiger partial charge in [-0.2, -0.15) is 0 Å². The van der Waals surface area contributed by atoms with E-state index in [4.69, 9.17) is 0 Å². The van der Waals surface area contributed by atoms with Gasteiger partial charge in [0, 0.05) is 17.8 Å². The van der Waals surface area contributed by atoms with Crippen LogP contribution in [0.4, 0.5) is 0 Å². The summed E-state index contributed by atoms with van der Waals surface area (Å²) < 4.78 is 1.78. The minimum absolute atomic E-state index is 0.0264. The lowest BCUT2D eigenvalue weighted by molar-refractivity contribution is 0.277. The number of allylic oxidation sites excluding steroid dienone is 2. The molecule has 22 heavy (non-hydrogen) atoms. The van der Waals surface area contributed by atoms with Crippen molar-refractivity contribution in [2.45, 2.75) is 80.9 Å². The fourth-order valence-electron chi connectivity index (χ4n) is 2.57. The Balaban J connectivity index is 0.00000102. The third-order valence-corrected chi connectivity index (χ3v) is 4.16. The monoisotopic (exact) mass is 307 g/mol. The van der Waals surface area contributed by atoms with E-state index >= 15 is 0 Å². The zero-order chi connectivity index (χ0) is 17.4. The van der Waals surface area contributed by atoms with Crippen LogP contribution in [0.15, 0.2) is 16.4 Å². The van der Waals surface area contributed by atoms with E-state index in [1.165, 1.54) is 11.1 Å². The molecule has 2 rings (SSSR count). The molecule has 0 saturated carbocycles. The molecule has 3 nitrogen and oxygen atoms in total. The smallest absolute Gasteiger partial charge is 0.257 e. The third kappa shape index (κ3) is 3.89. The minimum Gasteiger partial charge on any atom is -0.391 e. The molecule has 126 valence electrons. The van der Waals surface area contributed by atoms with Gasteiger partial charge in [-0.25, -0.2) is 0 Å². The highest BCUT2D eigenvalue weighted by molar-refractivity contribution is 5.68. The van der Waals surface area contributed by atoms with Crippen LogP contribution in [0, 0.1) is 0 Å². The Morgan fingerprint density at radius 2 is 1.77 bits per heavy atom. The van der Waals surface area contributed by atoms with Crippen LogP contribution in [-0.4, -0.2) is 9.67 Å². The highest BCUT2D eigenvalue weighted by Crippen LogP contribution is 2.30. The lowest BCUT2D eigenvalue weighted by Crippen LogP contribution is -2.26. The van der Waals surface area contributed by atoms with Crippen LogP contribution in [0.3, 0.4) is 0 Å². The van der Waals surface area contributed by atoms with Gasteiger partial charge in [0.15, 0.2) is 0 Å². The molecule has 2 heterocycles. The van der Waals surface area contributed by atoms with Gasteiger partial charge in [-0.3, -0.25) is 4.79 Å². The van der Waals surface area contributed by atoms with Gasteiger partial charge in [-0.1, -0.05) is 41.5 Å². The molecule has 1 aliphatic heterocycles. The predicted molar refractivity (Wildman–Crippen MR) is 96.3 cm³/mol. The Morgan fingerprint density at radius 1 is 1.23 bits per heavy atom. The van der Waals surface area contributed by atoms with Crippen LogP contribution >= 0.6 is 0 Å². The molecule has 0 amide bonds. The summed E-state index contributed by atoms with van der Waals surface area (Å²) in [6.07, 6.45) is 0.970. The molecule has 1 aliphatic rings. The van der Waals surface area contributed by atoms with Crippen molar-refractivity contribution in [3.63, 3.8) is 0 Å². The Morgan fingerprint density at radius 3 is 2.23 bits per heavy atom. The molecule has 1 N–H and O–H groups in total. The quantitative estimate of drug-likeness (QED) is 0.878. The molecule has 0 aliphatic carbocycles. The van der Waals surface area contributed by atoms with Gasteiger partial charge < -0.3 is 9.67 Å². The van der Waals surface area contributed by atoms with Crippen LogP contribution in [0.2, 0.25) is 0 Å². The Kier molecular flexibility index (Phi) is 9.03. The van der Waals surface area contributed by atoms with Gasteiger partial charge in [-0.15, -0.1) is 0 Å². The number of hydrogen-bond acceptors (Lipinski definition) is 2. The number of fused-ring (bicyclic) bond motifs is 1. The maximum atomic E-state index is 12.4. The molecule has 1 unspecified atom stereocenters. The molecule has 0 spiro atoms. The Bertz CT molecular complexity index is 568. The van der Waals surface area contributed by atoms with E-state index in [9.17, 15) is 9.90 Å². The van der Waals surface area contributed by atoms with Gasteiger partial charge >= 0.3 is 0 Å². The van der Waals surface area contributed by atoms with E-state index in [0.29, 0.717) is 18.0 Å². The standard InChI is InChI=1S/C15H21NO2.2C2H6/c1-5-9(2)12-6-14-11(4)10(3)7-16(14)15(18)13(12)8-17;2*1-2/h6,9,17H,5,7-8H2,1-4H3;2*1-2H3. The van der Waals surface area contributed by atoms with Gasteiger partial charge in [0.2, 0.25) is 0 Å². The van der Waals surface area contributed by atoms with Crippen molar-refractivity contribution in [3.8, 4) is 0 Å². The number of rotatable bonds is 3. The maximum absolute atomic E-state index is 12.4. The molecule has 0 bridgehead atoms. The number of nitrogens with zero attached hydrogens (tertiary/aromatic N) is 1. The first-order chi connectivity index (χ1) is 10.5. The van der Waals surface area contributed by atoms with E-state index < -0.39 is 0 Å². The average Bonchev–Trinajstić information content (AvgIpc) is 2.86. The number of aliphatic hydroxyl groups is 1. The molecule has 0 fully saturated rings. The van der Waals surface area contributed by atoms with Crippen molar-refractivity contribution in [2.75, 3.05) is 0 Å². The van der Waals surface area contributed by atoms with E-state index in [0.717, 1.165) is 17.7 Å². The van der Waals surface area contributed by atoms with Crippen molar-refractivity contribution in [3.05, 3.63) is 38.8 Å². The Hall–Kier alpha value is -1.35. The van der Waals surface area contributed by atoms with Crippen LogP contribution in [0.1, 0.15) is 84.5 Å². The fourth-order valence-corrected chi connectivity index (χ4v) is 2.57. The van der Waals surface area contributed by atoms with Crippen molar-refractivity contribution in [2.24, 2.45) is 0 Å². The van der Waals surface area contributed by atoms with Crippen LogP contribution in [-0.2, 0) is 13.2 Å².